The fourth-order valence-electron chi connectivity index (χ4n) is 3.85. The second-order valence-corrected chi connectivity index (χ2v) is 7.75. The monoisotopic (exact) mass is 381 g/mol. The lowest BCUT2D eigenvalue weighted by atomic mass is 9.74. The van der Waals surface area contributed by atoms with Crippen molar-refractivity contribution < 1.29 is 14.3 Å². The molecule has 1 N–H and O–H groups in total. The van der Waals surface area contributed by atoms with Crippen molar-refractivity contribution in [3.8, 4) is 16.9 Å². The molecule has 0 unspecified atom stereocenters. The normalized spacial score (nSPS) is 17.0. The van der Waals surface area contributed by atoms with Crippen LogP contribution in [0.4, 0.5) is 0 Å². The predicted octanol–water partition coefficient (Wildman–Crippen LogP) is 4.62. The van der Waals surface area contributed by atoms with Gasteiger partial charge in [-0.05, 0) is 49.8 Å². The Morgan fingerprint density at radius 1 is 1.18 bits per heavy atom. The van der Waals surface area contributed by atoms with Gasteiger partial charge >= 0.3 is 0 Å². The van der Waals surface area contributed by atoms with Gasteiger partial charge in [0.15, 0.2) is 0 Å². The Kier molecular flexibility index (Phi) is 6.74. The number of benzene rings is 2. The van der Waals surface area contributed by atoms with E-state index in [4.69, 9.17) is 9.47 Å². The van der Waals surface area contributed by atoms with Gasteiger partial charge in [0.1, 0.15) is 5.75 Å². The largest absolute Gasteiger partial charge is 0.496 e. The molecule has 0 radical (unpaired) electrons. The molecule has 2 aromatic carbocycles. The van der Waals surface area contributed by atoms with Crippen molar-refractivity contribution in [1.82, 2.24) is 5.32 Å². The molecule has 2 aromatic rings. The summed E-state index contributed by atoms with van der Waals surface area (Å²) in [6.45, 7) is 5.44. The average molecular weight is 382 g/mol. The molecule has 0 aromatic heterocycles. The lowest BCUT2D eigenvalue weighted by Crippen LogP contribution is -2.48. The van der Waals surface area contributed by atoms with Crippen molar-refractivity contribution in [2.24, 2.45) is 5.41 Å². The molecular weight excluding hydrogens is 350 g/mol. The first-order chi connectivity index (χ1) is 13.6. The molecule has 0 aliphatic carbocycles. The minimum Gasteiger partial charge on any atom is -0.496 e. The van der Waals surface area contributed by atoms with Crippen LogP contribution in [0, 0.1) is 5.41 Å². The van der Waals surface area contributed by atoms with Gasteiger partial charge in [-0.1, -0.05) is 49.4 Å². The number of ether oxygens (including phenoxy) is 2. The molecule has 4 heteroatoms. The maximum Gasteiger partial charge on any atom is 0.226 e. The summed E-state index contributed by atoms with van der Waals surface area (Å²) < 4.78 is 11.1. The van der Waals surface area contributed by atoms with Crippen molar-refractivity contribution in [1.29, 1.82) is 0 Å². The summed E-state index contributed by atoms with van der Waals surface area (Å²) in [6, 6.07) is 16.7. The summed E-state index contributed by atoms with van der Waals surface area (Å²) in [5.41, 5.74) is 2.95. The van der Waals surface area contributed by atoms with Crippen molar-refractivity contribution >= 4 is 5.91 Å². The van der Waals surface area contributed by atoms with Gasteiger partial charge < -0.3 is 14.8 Å². The molecule has 0 saturated carbocycles. The first kappa shape index (κ1) is 20.4. The predicted molar refractivity (Wildman–Crippen MR) is 113 cm³/mol. The van der Waals surface area contributed by atoms with E-state index >= 15 is 0 Å². The Labute approximate surface area is 168 Å². The zero-order valence-electron chi connectivity index (χ0n) is 17.2. The molecule has 1 fully saturated rings. The van der Waals surface area contributed by atoms with Gasteiger partial charge in [0.25, 0.3) is 0 Å². The van der Waals surface area contributed by atoms with Crippen molar-refractivity contribution in [3.63, 3.8) is 0 Å². The third-order valence-corrected chi connectivity index (χ3v) is 5.81. The number of methoxy groups -OCH3 is 1. The number of amides is 1. The fraction of sp³-hybridized carbons (Fsp3) is 0.458. The number of hydrogen-bond acceptors (Lipinski definition) is 3. The van der Waals surface area contributed by atoms with Gasteiger partial charge in [0, 0.05) is 24.8 Å². The molecule has 1 saturated heterocycles. The highest BCUT2D eigenvalue weighted by atomic mass is 16.5. The zero-order chi connectivity index (χ0) is 20.0. The van der Waals surface area contributed by atoms with Gasteiger partial charge in [-0.15, -0.1) is 0 Å². The van der Waals surface area contributed by atoms with E-state index in [0.29, 0.717) is 13.2 Å². The fourth-order valence-corrected chi connectivity index (χ4v) is 3.85. The molecule has 1 amide bonds. The van der Waals surface area contributed by atoms with Crippen LogP contribution >= 0.6 is 0 Å². The van der Waals surface area contributed by atoms with Gasteiger partial charge in [0.2, 0.25) is 5.91 Å². The molecule has 3 rings (SSSR count). The number of para-hydroxylation sites is 1. The number of hydrogen-bond donors (Lipinski definition) is 1. The number of nitrogens with one attached hydrogen (secondary N) is 1. The third-order valence-electron chi connectivity index (χ3n) is 5.81. The van der Waals surface area contributed by atoms with E-state index in [1.54, 1.807) is 7.11 Å². The Morgan fingerprint density at radius 2 is 1.93 bits per heavy atom. The topological polar surface area (TPSA) is 47.6 Å². The van der Waals surface area contributed by atoms with E-state index in [1.807, 2.05) is 18.2 Å². The third kappa shape index (κ3) is 4.56. The molecule has 1 aliphatic heterocycles. The van der Waals surface area contributed by atoms with E-state index in [2.05, 4.69) is 49.5 Å². The van der Waals surface area contributed by atoms with E-state index in [0.717, 1.165) is 42.6 Å². The number of rotatable bonds is 7. The van der Waals surface area contributed by atoms with Crippen LogP contribution in [0.25, 0.3) is 11.1 Å². The van der Waals surface area contributed by atoms with E-state index < -0.39 is 5.41 Å². The van der Waals surface area contributed by atoms with Crippen LogP contribution in [0.15, 0.2) is 48.5 Å². The summed E-state index contributed by atoms with van der Waals surface area (Å²) in [4.78, 5) is 13.2. The van der Waals surface area contributed by atoms with Gasteiger partial charge in [-0.2, -0.15) is 0 Å². The smallest absolute Gasteiger partial charge is 0.226 e. The summed E-state index contributed by atoms with van der Waals surface area (Å²) >= 11 is 0. The lowest BCUT2D eigenvalue weighted by Gasteiger charge is -2.37. The Hall–Kier alpha value is -2.33. The molecule has 28 heavy (non-hydrogen) atoms. The van der Waals surface area contributed by atoms with Crippen molar-refractivity contribution in [2.45, 2.75) is 45.6 Å². The highest BCUT2D eigenvalue weighted by molar-refractivity contribution is 5.83. The first-order valence-corrected chi connectivity index (χ1v) is 10.2. The summed E-state index contributed by atoms with van der Waals surface area (Å²) in [5.74, 6) is 1.02. The van der Waals surface area contributed by atoms with Crippen molar-refractivity contribution in [3.05, 3.63) is 54.1 Å². The van der Waals surface area contributed by atoms with Gasteiger partial charge in [0.05, 0.1) is 12.5 Å². The van der Waals surface area contributed by atoms with Crippen LogP contribution < -0.4 is 10.1 Å². The lowest BCUT2D eigenvalue weighted by molar-refractivity contribution is -0.137. The molecule has 4 nitrogen and oxygen atoms in total. The van der Waals surface area contributed by atoms with Gasteiger partial charge in [-0.25, -0.2) is 0 Å². The number of carbonyl (C=O) groups is 1. The molecule has 1 heterocycles. The quantitative estimate of drug-likeness (QED) is 0.761. The standard InChI is InChI=1S/C24H31NO3/c1-4-18(2)25-23(26)24(12-14-28-15-13-24)17-19-8-7-9-20(16-19)21-10-5-6-11-22(21)27-3/h5-11,16,18H,4,12-15,17H2,1-3H3,(H,25,26)/t18-/m1/s1. The van der Waals surface area contributed by atoms with Gasteiger partial charge in [-0.3, -0.25) is 4.79 Å². The highest BCUT2D eigenvalue weighted by Crippen LogP contribution is 2.37. The molecule has 1 aliphatic rings. The molecule has 1 atom stereocenters. The molecule has 0 spiro atoms. The van der Waals surface area contributed by atoms with E-state index in [9.17, 15) is 4.79 Å². The Morgan fingerprint density at radius 3 is 2.64 bits per heavy atom. The van der Waals surface area contributed by atoms with Crippen LogP contribution in [-0.4, -0.2) is 32.3 Å². The van der Waals surface area contributed by atoms with Crippen LogP contribution in [0.3, 0.4) is 0 Å². The molecule has 0 bridgehead atoms. The second kappa shape index (κ2) is 9.24. The second-order valence-electron chi connectivity index (χ2n) is 7.75. The van der Waals surface area contributed by atoms with E-state index in [-0.39, 0.29) is 11.9 Å². The van der Waals surface area contributed by atoms with Crippen LogP contribution in [-0.2, 0) is 16.0 Å². The SMILES string of the molecule is CC[C@@H](C)NC(=O)C1(Cc2cccc(-c3ccccc3OC)c2)CCOCC1. The molecule has 150 valence electrons. The Bertz CT molecular complexity index is 796. The zero-order valence-corrected chi connectivity index (χ0v) is 17.2. The summed E-state index contributed by atoms with van der Waals surface area (Å²) in [5, 5.41) is 3.21. The Balaban J connectivity index is 1.88. The maximum absolute atomic E-state index is 13.2. The van der Waals surface area contributed by atoms with Crippen LogP contribution in [0.1, 0.15) is 38.7 Å². The average Bonchev–Trinajstić information content (AvgIpc) is 2.74. The summed E-state index contributed by atoms with van der Waals surface area (Å²) in [7, 11) is 1.69. The van der Waals surface area contributed by atoms with Crippen LogP contribution in [0.2, 0.25) is 0 Å². The minimum absolute atomic E-state index is 0.160. The molecular formula is C24H31NO3. The van der Waals surface area contributed by atoms with Crippen LogP contribution in [0.5, 0.6) is 5.75 Å². The number of carbonyl (C=O) groups excluding carboxylic acids is 1. The van der Waals surface area contributed by atoms with E-state index in [1.165, 1.54) is 5.56 Å². The van der Waals surface area contributed by atoms with Crippen molar-refractivity contribution in [2.75, 3.05) is 20.3 Å². The first-order valence-electron chi connectivity index (χ1n) is 10.2. The maximum atomic E-state index is 13.2. The summed E-state index contributed by atoms with van der Waals surface area (Å²) in [6.07, 6.45) is 3.17. The highest BCUT2D eigenvalue weighted by Gasteiger charge is 2.40. The minimum atomic E-state index is -0.402.